The van der Waals surface area contributed by atoms with E-state index < -0.39 is 0 Å². The minimum atomic E-state index is -0.319. The van der Waals surface area contributed by atoms with Crippen molar-refractivity contribution in [3.8, 4) is 5.75 Å². The molecule has 1 heterocycles. The third-order valence-electron chi connectivity index (χ3n) is 5.65. The molecule has 0 unspecified atom stereocenters. The van der Waals surface area contributed by atoms with Gasteiger partial charge in [-0.2, -0.15) is 0 Å². The molecule has 0 atom stereocenters. The van der Waals surface area contributed by atoms with Crippen molar-refractivity contribution in [2.24, 2.45) is 0 Å². The lowest BCUT2D eigenvalue weighted by atomic mass is 10.1. The van der Waals surface area contributed by atoms with E-state index in [0.717, 1.165) is 5.56 Å². The summed E-state index contributed by atoms with van der Waals surface area (Å²) in [6.45, 7) is 2.61. The Kier molecular flexibility index (Phi) is 8.97. The molecule has 1 N–H and O–H groups in total. The number of ether oxygens (including phenoxy) is 1. The maximum atomic E-state index is 12.9. The lowest BCUT2D eigenvalue weighted by Gasteiger charge is -2.17. The van der Waals surface area contributed by atoms with Crippen LogP contribution in [0.3, 0.4) is 0 Å². The molecule has 3 aromatic carbocycles. The van der Waals surface area contributed by atoms with Gasteiger partial charge in [0.2, 0.25) is 0 Å². The number of hydroxylamine groups is 1. The Morgan fingerprint density at radius 2 is 1.62 bits per heavy atom. The molecule has 0 radical (unpaired) electrons. The highest BCUT2D eigenvalue weighted by Gasteiger charge is 2.36. The number of carbonyl (C=O) groups is 2. The van der Waals surface area contributed by atoms with Crippen LogP contribution in [0, 0.1) is 0 Å². The molecule has 3 aromatic rings. The SMILES string of the molecule is CCSC(Nc1c(Cl)ccc(OC)c1Cl)=[N+](CCN1C(=O)c2ccccc2C1=O)OCc1ccccc1. The number of benzene rings is 3. The summed E-state index contributed by atoms with van der Waals surface area (Å²) in [7, 11) is 1.53. The molecule has 0 bridgehead atoms. The van der Waals surface area contributed by atoms with Gasteiger partial charge in [-0.05, 0) is 41.6 Å². The van der Waals surface area contributed by atoms with Gasteiger partial charge in [0.05, 0.1) is 29.8 Å². The van der Waals surface area contributed by atoms with Gasteiger partial charge in [0.15, 0.2) is 12.3 Å². The minimum Gasteiger partial charge on any atom is -0.495 e. The first-order chi connectivity index (χ1) is 17.9. The zero-order valence-electron chi connectivity index (χ0n) is 20.4. The van der Waals surface area contributed by atoms with Crippen LogP contribution in [0.1, 0.15) is 33.2 Å². The fourth-order valence-corrected chi connectivity index (χ4v) is 5.08. The number of hydrogen-bond donors (Lipinski definition) is 1. The number of halogens is 2. The molecule has 0 fully saturated rings. The fourth-order valence-electron chi connectivity index (χ4n) is 3.80. The lowest BCUT2D eigenvalue weighted by Crippen LogP contribution is -2.37. The molecule has 1 aliphatic heterocycles. The van der Waals surface area contributed by atoms with Gasteiger partial charge in [-0.15, -0.1) is 0 Å². The first-order valence-corrected chi connectivity index (χ1v) is 13.4. The molecule has 10 heteroatoms. The topological polar surface area (TPSA) is 70.9 Å². The number of methoxy groups -OCH3 is 1. The van der Waals surface area contributed by atoms with Crippen LogP contribution in [0.2, 0.25) is 10.0 Å². The normalized spacial score (nSPS) is 13.4. The van der Waals surface area contributed by atoms with Crippen LogP contribution in [-0.2, 0) is 11.4 Å². The number of thioether (sulfide) groups is 1. The van der Waals surface area contributed by atoms with E-state index in [4.69, 9.17) is 32.8 Å². The highest BCUT2D eigenvalue weighted by atomic mass is 35.5. The van der Waals surface area contributed by atoms with E-state index >= 15 is 0 Å². The summed E-state index contributed by atoms with van der Waals surface area (Å²) in [5.41, 5.74) is 2.24. The molecule has 1 aliphatic rings. The molecular formula is C27H26Cl2N3O4S+. The number of hydrogen-bond acceptors (Lipinski definition) is 5. The predicted octanol–water partition coefficient (Wildman–Crippen LogP) is 5.96. The Morgan fingerprint density at radius 3 is 2.24 bits per heavy atom. The van der Waals surface area contributed by atoms with Gasteiger partial charge < -0.3 is 9.57 Å². The van der Waals surface area contributed by atoms with Crippen molar-refractivity contribution in [3.63, 3.8) is 0 Å². The van der Waals surface area contributed by atoms with Crippen molar-refractivity contribution < 1.29 is 23.9 Å². The van der Waals surface area contributed by atoms with Gasteiger partial charge >= 0.3 is 5.17 Å². The molecule has 0 saturated carbocycles. The van der Waals surface area contributed by atoms with E-state index in [1.54, 1.807) is 41.1 Å². The number of nitrogens with one attached hydrogen (secondary N) is 1. The van der Waals surface area contributed by atoms with Crippen LogP contribution < -0.4 is 10.1 Å². The molecule has 37 heavy (non-hydrogen) atoms. The number of nitrogens with zero attached hydrogens (tertiary/aromatic N) is 2. The first kappa shape index (κ1) is 26.9. The summed E-state index contributed by atoms with van der Waals surface area (Å²) >= 11 is 14.5. The largest absolute Gasteiger partial charge is 0.495 e. The maximum Gasteiger partial charge on any atom is 0.350 e. The van der Waals surface area contributed by atoms with E-state index in [2.05, 4.69) is 5.32 Å². The van der Waals surface area contributed by atoms with Crippen molar-refractivity contribution >= 4 is 57.6 Å². The van der Waals surface area contributed by atoms with E-state index in [1.807, 2.05) is 37.3 Å². The minimum absolute atomic E-state index is 0.121. The van der Waals surface area contributed by atoms with Crippen molar-refractivity contribution in [2.45, 2.75) is 13.5 Å². The monoisotopic (exact) mass is 558 g/mol. The van der Waals surface area contributed by atoms with E-state index in [1.165, 1.54) is 23.8 Å². The van der Waals surface area contributed by atoms with Crippen molar-refractivity contribution in [1.29, 1.82) is 0 Å². The highest BCUT2D eigenvalue weighted by molar-refractivity contribution is 8.13. The summed E-state index contributed by atoms with van der Waals surface area (Å²) in [6.07, 6.45) is 0. The summed E-state index contributed by atoms with van der Waals surface area (Å²) in [6, 6.07) is 19.9. The zero-order chi connectivity index (χ0) is 26.4. The molecule has 4 rings (SSSR count). The molecule has 2 amide bonds. The summed E-state index contributed by atoms with van der Waals surface area (Å²) in [5.74, 6) is 0.539. The quantitative estimate of drug-likeness (QED) is 0.115. The number of rotatable bonds is 9. The Balaban J connectivity index is 1.65. The Hall–Kier alpha value is -3.20. The Labute approximate surface area is 229 Å². The van der Waals surface area contributed by atoms with Crippen molar-refractivity contribution in [3.05, 3.63) is 93.5 Å². The first-order valence-electron chi connectivity index (χ1n) is 11.6. The number of anilines is 1. The second-order valence-electron chi connectivity index (χ2n) is 7.97. The highest BCUT2D eigenvalue weighted by Crippen LogP contribution is 2.38. The zero-order valence-corrected chi connectivity index (χ0v) is 22.7. The number of imide groups is 1. The number of fused-ring (bicyclic) bond motifs is 1. The third-order valence-corrected chi connectivity index (χ3v) is 7.21. The van der Waals surface area contributed by atoms with Gasteiger partial charge in [-0.25, -0.2) is 5.32 Å². The Morgan fingerprint density at radius 1 is 0.973 bits per heavy atom. The third kappa shape index (κ3) is 6.04. The van der Waals surface area contributed by atoms with Crippen molar-refractivity contribution in [1.82, 2.24) is 4.90 Å². The van der Waals surface area contributed by atoms with Crippen LogP contribution in [0.25, 0.3) is 0 Å². The maximum absolute atomic E-state index is 12.9. The molecule has 0 saturated heterocycles. The van der Waals surface area contributed by atoms with Gasteiger partial charge in [0.1, 0.15) is 17.3 Å². The predicted molar refractivity (Wildman–Crippen MR) is 148 cm³/mol. The van der Waals surface area contributed by atoms with Crippen LogP contribution in [0.15, 0.2) is 66.7 Å². The van der Waals surface area contributed by atoms with Crippen LogP contribution in [0.5, 0.6) is 5.75 Å². The average molecular weight is 559 g/mol. The van der Waals surface area contributed by atoms with Gasteiger partial charge in [-0.1, -0.05) is 77.3 Å². The standard InChI is InChI=1S/C27H25Cl2N3O4S/c1-3-37-27(30-24-21(28)13-14-22(35-2)23(24)29)32(36-17-18-9-5-4-6-10-18)16-15-31-25(33)19-11-7-8-12-20(19)26(31)34/h4-14H,3,15-17H2,1-2H3/p+1. The molecule has 0 spiro atoms. The van der Waals surface area contributed by atoms with Gasteiger partial charge in [0.25, 0.3) is 11.8 Å². The van der Waals surface area contributed by atoms with Gasteiger partial charge in [-0.3, -0.25) is 14.5 Å². The molecule has 0 aliphatic carbocycles. The molecule has 0 aromatic heterocycles. The van der Waals surface area contributed by atoms with Crippen LogP contribution in [0.4, 0.5) is 5.69 Å². The summed E-state index contributed by atoms with van der Waals surface area (Å²) in [5, 5.41) is 4.63. The number of carbonyl (C=O) groups excluding carboxylic acids is 2. The molecule has 7 nitrogen and oxygen atoms in total. The van der Waals surface area contributed by atoms with Gasteiger partial charge in [0, 0.05) is 5.75 Å². The van der Waals surface area contributed by atoms with Crippen LogP contribution >= 0.6 is 35.0 Å². The second-order valence-corrected chi connectivity index (χ2v) is 10.0. The summed E-state index contributed by atoms with van der Waals surface area (Å²) in [4.78, 5) is 33.3. The Bertz CT molecular complexity index is 1300. The van der Waals surface area contributed by atoms with E-state index in [-0.39, 0.29) is 31.5 Å². The number of amidine groups is 1. The number of amides is 2. The van der Waals surface area contributed by atoms with Crippen molar-refractivity contribution in [2.75, 3.05) is 31.3 Å². The van der Waals surface area contributed by atoms with E-state index in [9.17, 15) is 9.59 Å². The molecular weight excluding hydrogens is 533 g/mol. The lowest BCUT2D eigenvalue weighted by molar-refractivity contribution is -0.790. The summed E-state index contributed by atoms with van der Waals surface area (Å²) < 4.78 is 6.98. The second kappa shape index (κ2) is 12.4. The average Bonchev–Trinajstić information content (AvgIpc) is 3.16. The van der Waals surface area contributed by atoms with E-state index in [0.29, 0.717) is 43.5 Å². The van der Waals surface area contributed by atoms with Crippen LogP contribution in [-0.4, -0.2) is 52.6 Å². The fraction of sp³-hybridized carbons (Fsp3) is 0.222. The molecule has 192 valence electrons. The smallest absolute Gasteiger partial charge is 0.350 e.